The molecule has 4 aliphatic rings. The normalized spacial score (nSPS) is 17.0. The molecule has 0 aliphatic heterocycles. The van der Waals surface area contributed by atoms with Gasteiger partial charge < -0.3 is 34.1 Å². The molecule has 14 heteroatoms. The number of carbonyl (C=O) groups excluding carboxylic acids is 2. The Hall–Kier alpha value is -7.37. The van der Waals surface area contributed by atoms with Gasteiger partial charge in [0.15, 0.2) is 13.2 Å². The van der Waals surface area contributed by atoms with Crippen LogP contribution in [0.2, 0.25) is 0 Å². The highest BCUT2D eigenvalue weighted by molar-refractivity contribution is 5.81. The summed E-state index contributed by atoms with van der Waals surface area (Å²) in [6.45, 7) is 34.3. The molecule has 2 atom stereocenters. The summed E-state index contributed by atoms with van der Waals surface area (Å²) in [4.78, 5) is 38.7. The van der Waals surface area contributed by atoms with Crippen LogP contribution in [0, 0.1) is 36.7 Å². The predicted molar refractivity (Wildman–Crippen MR) is 425 cm³/mol. The zero-order chi connectivity index (χ0) is 75.3. The maximum Gasteiger partial charge on any atom is 0.357 e. The first-order valence-electron chi connectivity index (χ1n) is 38.5. The fourth-order valence-electron chi connectivity index (χ4n) is 14.4. The van der Waals surface area contributed by atoms with Gasteiger partial charge >= 0.3 is 33.1 Å². The molecule has 0 radical (unpaired) electrons. The van der Waals surface area contributed by atoms with Crippen molar-refractivity contribution in [3.8, 4) is 45.3 Å². The second-order valence-electron chi connectivity index (χ2n) is 31.0. The quantitative estimate of drug-likeness (QED) is 0.0345. The summed E-state index contributed by atoms with van der Waals surface area (Å²) in [5.74, 6) is 0.442. The maximum atomic E-state index is 13.1. The fourth-order valence-corrected chi connectivity index (χ4v) is 16.6. The average molecular weight is 1550 g/mol. The largest absolute Gasteiger partial charge is 0.870 e. The van der Waals surface area contributed by atoms with E-state index in [2.05, 4.69) is 181 Å². The highest BCUT2D eigenvalue weighted by Crippen LogP contribution is 2.57. The van der Waals surface area contributed by atoms with Gasteiger partial charge in [-0.05, 0) is 154 Å². The lowest BCUT2D eigenvalue weighted by Gasteiger charge is -2.53. The number of unbranched alkanes of at least 4 members (excludes halogenated alkanes) is 4. The number of fused-ring (bicyclic) bond motifs is 1. The number of esters is 2. The number of ether oxygens (including phenoxy) is 3. The Morgan fingerprint density at radius 2 is 0.905 bits per heavy atom. The number of H-pyrrole nitrogens is 2. The summed E-state index contributed by atoms with van der Waals surface area (Å²) in [5.41, 5.74) is 11.9. The second kappa shape index (κ2) is 42.8. The molecule has 4 aliphatic carbocycles. The van der Waals surface area contributed by atoms with Crippen LogP contribution in [-0.4, -0.2) is 99.9 Å². The highest BCUT2D eigenvalue weighted by Gasteiger charge is 2.52. The smallest absolute Gasteiger partial charge is 0.357 e. The Morgan fingerprint density at radius 1 is 0.514 bits per heavy atom. The number of nitrogens with zero attached hydrogens (tertiary/aromatic N) is 3. The molecule has 0 saturated heterocycles. The zero-order valence-electron chi connectivity index (χ0n) is 65.7. The third-order valence-corrected chi connectivity index (χ3v) is 22.8. The minimum atomic E-state index is -2.96. The van der Waals surface area contributed by atoms with E-state index in [9.17, 15) is 18.4 Å². The highest BCUT2D eigenvalue weighted by atomic mass is 127. The van der Waals surface area contributed by atoms with Crippen LogP contribution in [0.5, 0.6) is 0 Å². The van der Waals surface area contributed by atoms with Crippen molar-refractivity contribution in [2.75, 3.05) is 39.9 Å². The summed E-state index contributed by atoms with van der Waals surface area (Å²) in [6.07, 6.45) is 15.3. The minimum Gasteiger partial charge on any atom is -0.870 e. The van der Waals surface area contributed by atoms with Crippen LogP contribution in [-0.2, 0) is 34.6 Å². The monoisotopic (exact) mass is 1550 g/mol. The summed E-state index contributed by atoms with van der Waals surface area (Å²) >= 11 is -0.0703. The SMILES string of the molecule is CC(C)(C)c1ccc([I+]c2ccc(C(C)(C)C)cc2)cc1.CC(OC(=O)C1C2CC3CC(C2)CC1C3)C(C)(F)F.CCCC[N+](CCCC)(CCCC)CCCC.COCC(C)OC(C)=O.[OH-].c1ccc(-c2nc(-c3ccccc3)c(-c3ccccc3)[nH]2)cc1.c1ccc(-c2nc3ccccc3[nH]2)cc1. The van der Waals surface area contributed by atoms with E-state index < -0.39 is 12.0 Å². The van der Waals surface area contributed by atoms with Gasteiger partial charge in [0.2, 0.25) is 0 Å². The first-order chi connectivity index (χ1) is 49.8. The molecule has 4 fully saturated rings. The van der Waals surface area contributed by atoms with Gasteiger partial charge in [0.05, 0.1) is 61.1 Å². The molecule has 13 rings (SSSR count). The van der Waals surface area contributed by atoms with Crippen LogP contribution in [0.3, 0.4) is 0 Å². The van der Waals surface area contributed by atoms with Gasteiger partial charge in [-0.2, -0.15) is 0 Å². The first-order valence-corrected chi connectivity index (χ1v) is 40.6. The Bertz CT molecular complexity index is 3690. The van der Waals surface area contributed by atoms with Crippen molar-refractivity contribution in [1.29, 1.82) is 0 Å². The number of aromatic amines is 2. The van der Waals surface area contributed by atoms with Crippen molar-refractivity contribution in [3.05, 3.63) is 212 Å². The van der Waals surface area contributed by atoms with Gasteiger partial charge in [-0.25, -0.2) is 18.7 Å². The Labute approximate surface area is 639 Å². The summed E-state index contributed by atoms with van der Waals surface area (Å²) in [6, 6.07) is 67.5. The van der Waals surface area contributed by atoms with Crippen molar-refractivity contribution in [2.24, 2.45) is 29.6 Å². The van der Waals surface area contributed by atoms with Crippen molar-refractivity contribution < 1.29 is 63.7 Å². The van der Waals surface area contributed by atoms with Crippen molar-refractivity contribution in [1.82, 2.24) is 19.9 Å². The number of hydrogen-bond donors (Lipinski definition) is 2. The molecule has 11 nitrogen and oxygen atoms in total. The lowest BCUT2D eigenvalue weighted by molar-refractivity contribution is -0.929. The summed E-state index contributed by atoms with van der Waals surface area (Å²) in [5, 5.41) is 0. The van der Waals surface area contributed by atoms with Crippen LogP contribution in [0.1, 0.15) is 192 Å². The predicted octanol–water partition coefficient (Wildman–Crippen LogP) is 20.1. The minimum absolute atomic E-state index is 0. The molecule has 0 amide bonds. The van der Waals surface area contributed by atoms with Gasteiger partial charge in [-0.1, -0.05) is 253 Å². The topological polar surface area (TPSA) is 149 Å². The fraction of sp³-hybridized carbons (Fsp3) is 0.473. The third kappa shape index (κ3) is 27.7. The lowest BCUT2D eigenvalue weighted by Crippen LogP contribution is -3.61. The van der Waals surface area contributed by atoms with Crippen molar-refractivity contribution in [2.45, 2.75) is 209 Å². The van der Waals surface area contributed by atoms with E-state index in [4.69, 9.17) is 19.2 Å². The molecule has 3 N–H and O–H groups in total. The number of quaternary nitrogens is 1. The molecule has 4 bridgehead atoms. The number of methoxy groups -OCH3 is 1. The summed E-state index contributed by atoms with van der Waals surface area (Å²) < 4.78 is 45.2. The van der Waals surface area contributed by atoms with Gasteiger partial charge in [0.25, 0.3) is 5.92 Å². The van der Waals surface area contributed by atoms with E-state index in [-0.39, 0.29) is 61.5 Å². The molecule has 4 saturated carbocycles. The molecule has 9 aromatic rings. The van der Waals surface area contributed by atoms with E-state index in [0.29, 0.717) is 18.4 Å². The number of para-hydroxylation sites is 2. The van der Waals surface area contributed by atoms with Crippen molar-refractivity contribution in [3.63, 3.8) is 0 Å². The van der Waals surface area contributed by atoms with Gasteiger partial charge in [0, 0.05) is 43.2 Å². The Balaban J connectivity index is 0.000000201. The second-order valence-corrected chi connectivity index (χ2v) is 34.0. The van der Waals surface area contributed by atoms with Crippen LogP contribution < -0.4 is 21.2 Å². The Kier molecular flexibility index (Phi) is 35.3. The standard InChI is InChI=1S/C21H16N2.C20H26I.C16H36N.C15H22F2O2.C13H10N2.C6H12O3.H2O/c1-4-10-16(11-5-1)19-20(17-12-6-2-7-13-17)23-21(22-19)18-14-8-3-9-15-18;1-19(2,3)15-7-11-17(12-8-15)21-18-13-9-16(10-14-18)20(4,5)6;1-5-9-13-17(14-10-6-2,15-11-7-3)16-12-8-4;1-8(15(2,16)17)19-14(18)13-11-4-9-3-10(6-11)7-12(13)5-9;1-2-6-10(7-3-1)13-14-11-8-4-5-9-12(11)15-13;1-5(4-8-3)9-6(2)7;/h1-15H,(H,22,23);7-14H,1-6H3;5-16H2,1-4H3;8-13H,3-7H2,1-2H3;1-9H,(H,14,15);5H,4H2,1-3H3;1H2/q;2*+1;;;;/p-1. The van der Waals surface area contributed by atoms with E-state index >= 15 is 0 Å². The number of halogens is 3. The number of nitrogens with one attached hydrogen (secondary N) is 2. The molecule has 2 unspecified atom stereocenters. The number of alkyl halides is 2. The van der Waals surface area contributed by atoms with Gasteiger partial charge in [-0.3, -0.25) is 9.59 Å². The number of hydrogen-bond acceptors (Lipinski definition) is 8. The van der Waals surface area contributed by atoms with Gasteiger partial charge in [0.1, 0.15) is 17.8 Å². The number of rotatable bonds is 24. The van der Waals surface area contributed by atoms with Crippen molar-refractivity contribution >= 4 is 23.0 Å². The van der Waals surface area contributed by atoms with E-state index in [0.717, 1.165) is 101 Å². The molecule has 105 heavy (non-hydrogen) atoms. The average Bonchev–Trinajstić information content (AvgIpc) is 1.44. The van der Waals surface area contributed by atoms with Crippen LogP contribution in [0.25, 0.3) is 56.3 Å². The number of imidazole rings is 2. The van der Waals surface area contributed by atoms with E-state index in [1.54, 1.807) is 14.0 Å². The Morgan fingerprint density at radius 3 is 1.29 bits per heavy atom. The molecule has 0 spiro atoms. The number of aromatic nitrogens is 4. The van der Waals surface area contributed by atoms with Crippen LogP contribution in [0.4, 0.5) is 8.78 Å². The number of carbonyl (C=O) groups is 2. The molecular formula is C91H123F2IN5O6+. The molecule has 7 aromatic carbocycles. The molecule has 568 valence electrons. The zero-order valence-corrected chi connectivity index (χ0v) is 67.9. The first kappa shape index (κ1) is 86.5. The van der Waals surface area contributed by atoms with Crippen LogP contribution >= 0.6 is 0 Å². The maximum absolute atomic E-state index is 13.1. The number of benzene rings is 7. The van der Waals surface area contributed by atoms with Gasteiger partial charge in [-0.15, -0.1) is 0 Å². The van der Waals surface area contributed by atoms with E-state index in [1.165, 1.54) is 121 Å². The lowest BCUT2D eigenvalue weighted by atomic mass is 9.52. The van der Waals surface area contributed by atoms with Crippen LogP contribution in [0.15, 0.2) is 194 Å². The molecular weight excluding hydrogens is 1420 g/mol. The van der Waals surface area contributed by atoms with E-state index in [1.807, 2.05) is 97.1 Å². The molecule has 2 aromatic heterocycles. The summed E-state index contributed by atoms with van der Waals surface area (Å²) in [7, 11) is 1.57. The third-order valence-electron chi connectivity index (χ3n) is 20.2. The molecule has 2 heterocycles.